The second-order valence-electron chi connectivity index (χ2n) is 5.03. The molecule has 0 atom stereocenters. The second kappa shape index (κ2) is 6.21. The van der Waals surface area contributed by atoms with Gasteiger partial charge in [0.05, 0.1) is 23.8 Å². The van der Waals surface area contributed by atoms with Crippen molar-refractivity contribution in [1.82, 2.24) is 5.06 Å². The minimum absolute atomic E-state index is 0.185. The molecule has 0 spiro atoms. The van der Waals surface area contributed by atoms with E-state index in [0.29, 0.717) is 10.6 Å². The molecule has 0 saturated carbocycles. The average molecular weight is 329 g/mol. The van der Waals surface area contributed by atoms with Crippen molar-refractivity contribution in [3.63, 3.8) is 0 Å². The fourth-order valence-corrected chi connectivity index (χ4v) is 2.35. The van der Waals surface area contributed by atoms with Crippen molar-refractivity contribution in [1.29, 1.82) is 0 Å². The number of carbonyl (C=O) groups excluding carboxylic acids is 3. The van der Waals surface area contributed by atoms with Crippen molar-refractivity contribution < 1.29 is 28.3 Å². The first-order chi connectivity index (χ1) is 11.5. The van der Waals surface area contributed by atoms with E-state index < -0.39 is 23.6 Å². The Labute approximate surface area is 136 Å². The van der Waals surface area contributed by atoms with E-state index >= 15 is 0 Å². The number of esters is 1. The molecule has 0 aromatic heterocycles. The van der Waals surface area contributed by atoms with Crippen molar-refractivity contribution in [2.24, 2.45) is 0 Å². The number of nitrogens with zero attached hydrogens (tertiary/aromatic N) is 1. The van der Waals surface area contributed by atoms with E-state index in [1.165, 1.54) is 24.3 Å². The predicted octanol–water partition coefficient (Wildman–Crippen LogP) is 2.34. The Hall–Kier alpha value is -3.06. The standard InChI is InChI=1S/C17H12FNO5/c1-23-17(22)13-8-10(6-7-14(13)18)9-24-19-15(20)11-4-2-3-5-12(11)16(19)21/h2-8H,9H2,1H3. The zero-order valence-corrected chi connectivity index (χ0v) is 12.6. The van der Waals surface area contributed by atoms with Gasteiger partial charge in [0, 0.05) is 0 Å². The van der Waals surface area contributed by atoms with Crippen LogP contribution in [0.15, 0.2) is 42.5 Å². The van der Waals surface area contributed by atoms with Crippen molar-refractivity contribution in [3.8, 4) is 0 Å². The van der Waals surface area contributed by atoms with Gasteiger partial charge in [-0.2, -0.15) is 0 Å². The molecule has 0 saturated heterocycles. The maximum atomic E-state index is 13.6. The van der Waals surface area contributed by atoms with Crippen molar-refractivity contribution in [2.75, 3.05) is 7.11 Å². The number of benzene rings is 2. The van der Waals surface area contributed by atoms with E-state index in [4.69, 9.17) is 4.84 Å². The van der Waals surface area contributed by atoms with Crippen molar-refractivity contribution in [2.45, 2.75) is 6.61 Å². The smallest absolute Gasteiger partial charge is 0.340 e. The zero-order valence-electron chi connectivity index (χ0n) is 12.6. The van der Waals surface area contributed by atoms with Crippen LogP contribution in [0.1, 0.15) is 36.6 Å². The molecule has 122 valence electrons. The van der Waals surface area contributed by atoms with Crippen LogP contribution in [0.4, 0.5) is 4.39 Å². The summed E-state index contributed by atoms with van der Waals surface area (Å²) in [6.45, 7) is -0.185. The molecule has 3 rings (SSSR count). The Morgan fingerprint density at radius 1 is 1.08 bits per heavy atom. The number of halogens is 1. The lowest BCUT2D eigenvalue weighted by Crippen LogP contribution is -2.29. The molecule has 2 aromatic rings. The molecule has 1 heterocycles. The number of fused-ring (bicyclic) bond motifs is 1. The van der Waals surface area contributed by atoms with E-state index in [1.54, 1.807) is 12.1 Å². The lowest BCUT2D eigenvalue weighted by atomic mass is 10.1. The Bertz CT molecular complexity index is 814. The SMILES string of the molecule is COC(=O)c1cc(CON2C(=O)c3ccccc3C2=O)ccc1F. The van der Waals surface area contributed by atoms with Gasteiger partial charge in [-0.25, -0.2) is 9.18 Å². The number of hydrogen-bond donors (Lipinski definition) is 0. The molecule has 0 aliphatic carbocycles. The first-order valence-corrected chi connectivity index (χ1v) is 7.00. The van der Waals surface area contributed by atoms with E-state index in [9.17, 15) is 18.8 Å². The largest absolute Gasteiger partial charge is 0.465 e. The van der Waals surface area contributed by atoms with Crippen LogP contribution in [0.3, 0.4) is 0 Å². The van der Waals surface area contributed by atoms with E-state index in [-0.39, 0.29) is 23.3 Å². The molecule has 0 N–H and O–H groups in total. The number of ether oxygens (including phenoxy) is 1. The first-order valence-electron chi connectivity index (χ1n) is 7.00. The lowest BCUT2D eigenvalue weighted by molar-refractivity contribution is -0.101. The molecule has 0 radical (unpaired) electrons. The Morgan fingerprint density at radius 3 is 2.29 bits per heavy atom. The molecular weight excluding hydrogens is 317 g/mol. The Morgan fingerprint density at radius 2 is 1.71 bits per heavy atom. The molecule has 1 aliphatic rings. The summed E-state index contributed by atoms with van der Waals surface area (Å²) < 4.78 is 18.1. The summed E-state index contributed by atoms with van der Waals surface area (Å²) in [4.78, 5) is 41.0. The molecule has 2 amide bonds. The van der Waals surface area contributed by atoms with Gasteiger partial charge < -0.3 is 4.74 Å². The monoisotopic (exact) mass is 329 g/mol. The minimum Gasteiger partial charge on any atom is -0.465 e. The molecule has 0 unspecified atom stereocenters. The topological polar surface area (TPSA) is 72.9 Å². The van der Waals surface area contributed by atoms with Crippen molar-refractivity contribution in [3.05, 3.63) is 70.5 Å². The number of rotatable bonds is 4. The highest BCUT2D eigenvalue weighted by Gasteiger charge is 2.36. The summed E-state index contributed by atoms with van der Waals surface area (Å²) in [6, 6.07) is 10.1. The van der Waals surface area contributed by atoms with Crippen molar-refractivity contribution >= 4 is 17.8 Å². The summed E-state index contributed by atoms with van der Waals surface area (Å²) in [5.74, 6) is -2.68. The number of carbonyl (C=O) groups is 3. The second-order valence-corrected chi connectivity index (χ2v) is 5.03. The molecule has 24 heavy (non-hydrogen) atoms. The highest BCUT2D eigenvalue weighted by atomic mass is 19.1. The summed E-state index contributed by atoms with van der Waals surface area (Å²) >= 11 is 0. The number of imide groups is 1. The first kappa shape index (κ1) is 15.8. The molecule has 1 aliphatic heterocycles. The van der Waals surface area contributed by atoms with Crippen LogP contribution >= 0.6 is 0 Å². The molecule has 0 bridgehead atoms. The molecule has 0 fully saturated rings. The van der Waals surface area contributed by atoms with Crippen LogP contribution in [0, 0.1) is 5.82 Å². The Balaban J connectivity index is 1.77. The summed E-state index contributed by atoms with van der Waals surface area (Å²) in [6.07, 6.45) is 0. The number of hydrogen-bond acceptors (Lipinski definition) is 5. The molecule has 6 nitrogen and oxygen atoms in total. The van der Waals surface area contributed by atoms with Gasteiger partial charge in [0.15, 0.2) is 0 Å². The quantitative estimate of drug-likeness (QED) is 0.636. The predicted molar refractivity (Wildman–Crippen MR) is 79.5 cm³/mol. The maximum absolute atomic E-state index is 13.6. The van der Waals surface area contributed by atoms with E-state index in [1.807, 2.05) is 0 Å². The third-order valence-corrected chi connectivity index (χ3v) is 3.55. The van der Waals surface area contributed by atoms with E-state index in [2.05, 4.69) is 4.74 Å². The zero-order chi connectivity index (χ0) is 17.3. The normalized spacial score (nSPS) is 13.2. The van der Waals surface area contributed by atoms with Crippen LogP contribution in [-0.4, -0.2) is 30.0 Å². The Kier molecular flexibility index (Phi) is 4.09. The van der Waals surface area contributed by atoms with Crippen LogP contribution in [0.2, 0.25) is 0 Å². The number of hydroxylamine groups is 2. The third-order valence-electron chi connectivity index (χ3n) is 3.55. The molecule has 7 heteroatoms. The van der Waals surface area contributed by atoms with Gasteiger partial charge in [0.25, 0.3) is 11.8 Å². The fraction of sp³-hybridized carbons (Fsp3) is 0.118. The number of amides is 2. The van der Waals surface area contributed by atoms with Gasteiger partial charge in [-0.1, -0.05) is 18.2 Å². The summed E-state index contributed by atoms with van der Waals surface area (Å²) in [5, 5.41) is 0.659. The minimum atomic E-state index is -0.824. The molecule has 2 aromatic carbocycles. The summed E-state index contributed by atoms with van der Waals surface area (Å²) in [7, 11) is 1.14. The van der Waals surface area contributed by atoms with Gasteiger partial charge >= 0.3 is 5.97 Å². The van der Waals surface area contributed by atoms with Gasteiger partial charge in [-0.3, -0.25) is 14.4 Å². The molecular formula is C17H12FNO5. The highest BCUT2D eigenvalue weighted by molar-refractivity contribution is 6.20. The van der Waals surface area contributed by atoms with Crippen LogP contribution < -0.4 is 0 Å². The van der Waals surface area contributed by atoms with Gasteiger partial charge in [0.1, 0.15) is 12.4 Å². The van der Waals surface area contributed by atoms with Gasteiger partial charge in [-0.15, -0.1) is 5.06 Å². The highest BCUT2D eigenvalue weighted by Crippen LogP contribution is 2.23. The summed E-state index contributed by atoms with van der Waals surface area (Å²) in [5.41, 5.74) is 0.683. The van der Waals surface area contributed by atoms with Crippen LogP contribution in [-0.2, 0) is 16.2 Å². The maximum Gasteiger partial charge on any atom is 0.340 e. The number of methoxy groups -OCH3 is 1. The average Bonchev–Trinajstić information content (AvgIpc) is 2.85. The van der Waals surface area contributed by atoms with E-state index in [0.717, 1.165) is 13.2 Å². The van der Waals surface area contributed by atoms with Gasteiger partial charge in [0.2, 0.25) is 0 Å². The van der Waals surface area contributed by atoms with Gasteiger partial charge in [-0.05, 0) is 29.8 Å². The lowest BCUT2D eigenvalue weighted by Gasteiger charge is -2.13. The third kappa shape index (κ3) is 2.65. The van der Waals surface area contributed by atoms with Crippen LogP contribution in [0.25, 0.3) is 0 Å². The van der Waals surface area contributed by atoms with Crippen LogP contribution in [0.5, 0.6) is 0 Å². The fourth-order valence-electron chi connectivity index (χ4n) is 2.35.